The number of hydrazine groups is 1. The van der Waals surface area contributed by atoms with E-state index in [0.717, 1.165) is 0 Å². The van der Waals surface area contributed by atoms with Crippen LogP contribution in [0.1, 0.15) is 23.9 Å². The second kappa shape index (κ2) is 7.55. The fourth-order valence-electron chi connectivity index (χ4n) is 2.28. The zero-order valence-corrected chi connectivity index (χ0v) is 15.6. The molecule has 0 bridgehead atoms. The third kappa shape index (κ3) is 4.19. The molecule has 26 heavy (non-hydrogen) atoms. The fraction of sp³-hybridized carbons (Fsp3) is 0.312. The van der Waals surface area contributed by atoms with Crippen LogP contribution in [0, 0.1) is 25.2 Å². The molecule has 0 aliphatic heterocycles. The Hall–Kier alpha value is -2.90. The number of rotatable bonds is 6. The number of nitrogens with one attached hydrogen (secondary N) is 2. The highest BCUT2D eigenvalue weighted by Crippen LogP contribution is 2.18. The van der Waals surface area contributed by atoms with Gasteiger partial charge in [-0.25, -0.2) is 8.42 Å². The van der Waals surface area contributed by atoms with Crippen molar-refractivity contribution in [2.24, 2.45) is 7.05 Å². The zero-order valence-electron chi connectivity index (χ0n) is 14.8. The molecule has 0 aliphatic rings. The molecule has 138 valence electrons. The molecule has 2 rings (SSSR count). The van der Waals surface area contributed by atoms with E-state index in [1.807, 2.05) is 6.07 Å². The summed E-state index contributed by atoms with van der Waals surface area (Å²) in [4.78, 5) is 14.2. The number of aryl methyl sites for hydroxylation is 2. The predicted octanol–water partition coefficient (Wildman–Crippen LogP) is 0.686. The van der Waals surface area contributed by atoms with Gasteiger partial charge in [0.15, 0.2) is 6.10 Å². The number of sulfonamides is 1. The number of ether oxygens (including phenoxy) is 1. The monoisotopic (exact) mass is 377 g/mol. The van der Waals surface area contributed by atoms with E-state index < -0.39 is 22.0 Å². The smallest absolute Gasteiger partial charge is 0.275 e. The maximum Gasteiger partial charge on any atom is 0.275 e. The van der Waals surface area contributed by atoms with Crippen molar-refractivity contribution >= 4 is 15.9 Å². The van der Waals surface area contributed by atoms with E-state index in [0.29, 0.717) is 22.7 Å². The SMILES string of the molecule is Cc1nn(C)c(C)c1S(=O)(=O)NNC(=O)[C@@H](C)Oc1ccc(C#N)cc1. The molecule has 1 heterocycles. The van der Waals surface area contributed by atoms with Gasteiger partial charge >= 0.3 is 0 Å². The molecule has 0 radical (unpaired) electrons. The molecule has 2 aromatic rings. The molecule has 0 saturated heterocycles. The third-order valence-electron chi connectivity index (χ3n) is 3.69. The number of hydrogen-bond acceptors (Lipinski definition) is 6. The number of hydrogen-bond donors (Lipinski definition) is 2. The van der Waals surface area contributed by atoms with Crippen LogP contribution in [0.4, 0.5) is 0 Å². The van der Waals surface area contributed by atoms with Gasteiger partial charge in [0, 0.05) is 7.05 Å². The van der Waals surface area contributed by atoms with Crippen LogP contribution in [0.5, 0.6) is 5.75 Å². The molecule has 0 saturated carbocycles. The van der Waals surface area contributed by atoms with Crippen LogP contribution in [-0.4, -0.2) is 30.2 Å². The van der Waals surface area contributed by atoms with E-state index in [4.69, 9.17) is 10.00 Å². The van der Waals surface area contributed by atoms with Gasteiger partial charge in [-0.15, -0.1) is 4.83 Å². The van der Waals surface area contributed by atoms with E-state index in [1.165, 1.54) is 11.6 Å². The topological polar surface area (TPSA) is 126 Å². The van der Waals surface area contributed by atoms with Crippen LogP contribution in [0.15, 0.2) is 29.2 Å². The molecule has 9 nitrogen and oxygen atoms in total. The molecule has 1 aromatic heterocycles. The first-order valence-electron chi connectivity index (χ1n) is 7.64. The van der Waals surface area contributed by atoms with Gasteiger partial charge in [0.25, 0.3) is 15.9 Å². The van der Waals surface area contributed by atoms with Gasteiger partial charge < -0.3 is 4.74 Å². The summed E-state index contributed by atoms with van der Waals surface area (Å²) in [6.07, 6.45) is -0.957. The van der Waals surface area contributed by atoms with Crippen molar-refractivity contribution in [1.82, 2.24) is 20.0 Å². The van der Waals surface area contributed by atoms with E-state index in [1.54, 1.807) is 45.2 Å². The van der Waals surface area contributed by atoms with Crippen LogP contribution in [0.2, 0.25) is 0 Å². The Morgan fingerprint density at radius 3 is 2.42 bits per heavy atom. The highest BCUT2D eigenvalue weighted by atomic mass is 32.2. The fourth-order valence-corrected chi connectivity index (χ4v) is 3.57. The Balaban J connectivity index is 2.01. The minimum absolute atomic E-state index is 0.0148. The number of aromatic nitrogens is 2. The van der Waals surface area contributed by atoms with Crippen LogP contribution in [0.25, 0.3) is 0 Å². The molecule has 0 aliphatic carbocycles. The lowest BCUT2D eigenvalue weighted by Crippen LogP contribution is -2.47. The van der Waals surface area contributed by atoms with Gasteiger partial charge in [0.2, 0.25) is 0 Å². The summed E-state index contributed by atoms with van der Waals surface area (Å²) in [7, 11) is -2.34. The maximum absolute atomic E-state index is 12.4. The molecular formula is C16H19N5O4S. The van der Waals surface area contributed by atoms with Crippen LogP contribution in [-0.2, 0) is 21.9 Å². The molecule has 0 fully saturated rings. The lowest BCUT2D eigenvalue weighted by atomic mass is 10.2. The first-order valence-corrected chi connectivity index (χ1v) is 9.12. The number of nitrogens with zero attached hydrogens (tertiary/aromatic N) is 3. The van der Waals surface area contributed by atoms with Crippen molar-refractivity contribution in [2.75, 3.05) is 0 Å². The first-order chi connectivity index (χ1) is 12.2. The highest BCUT2D eigenvalue weighted by molar-refractivity contribution is 7.89. The number of carbonyl (C=O) groups excluding carboxylic acids is 1. The lowest BCUT2D eigenvalue weighted by Gasteiger charge is -2.15. The van der Waals surface area contributed by atoms with Crippen molar-refractivity contribution < 1.29 is 17.9 Å². The van der Waals surface area contributed by atoms with Crippen LogP contribution in [0.3, 0.4) is 0 Å². The summed E-state index contributed by atoms with van der Waals surface area (Å²) >= 11 is 0. The van der Waals surface area contributed by atoms with E-state index in [-0.39, 0.29) is 4.90 Å². The second-order valence-corrected chi connectivity index (χ2v) is 7.23. The Bertz CT molecular complexity index is 958. The molecule has 10 heteroatoms. The van der Waals surface area contributed by atoms with Gasteiger partial charge in [0.1, 0.15) is 10.6 Å². The van der Waals surface area contributed by atoms with Crippen molar-refractivity contribution in [2.45, 2.75) is 31.8 Å². The Kier molecular flexibility index (Phi) is 5.64. The molecule has 1 amide bonds. The molecule has 1 aromatic carbocycles. The molecular weight excluding hydrogens is 358 g/mol. The van der Waals surface area contributed by atoms with Crippen molar-refractivity contribution in [1.29, 1.82) is 5.26 Å². The lowest BCUT2D eigenvalue weighted by molar-refractivity contribution is -0.127. The maximum atomic E-state index is 12.4. The van der Waals surface area contributed by atoms with Crippen LogP contribution < -0.4 is 15.0 Å². The zero-order chi connectivity index (χ0) is 19.5. The van der Waals surface area contributed by atoms with Crippen LogP contribution >= 0.6 is 0 Å². The summed E-state index contributed by atoms with van der Waals surface area (Å²) in [5.41, 5.74) is 3.38. The van der Waals surface area contributed by atoms with Crippen molar-refractivity contribution in [3.63, 3.8) is 0 Å². The minimum Gasteiger partial charge on any atom is -0.481 e. The summed E-state index contributed by atoms with van der Waals surface area (Å²) in [6.45, 7) is 4.66. The Morgan fingerprint density at radius 1 is 1.31 bits per heavy atom. The highest BCUT2D eigenvalue weighted by Gasteiger charge is 2.25. The summed E-state index contributed by atoms with van der Waals surface area (Å²) in [5, 5.41) is 12.8. The predicted molar refractivity (Wildman–Crippen MR) is 92.4 cm³/mol. The number of benzene rings is 1. The standard InChI is InChI=1S/C16H19N5O4S/c1-10-15(11(2)21(4)19-10)26(23,24)20-18-16(22)12(3)25-14-7-5-13(9-17)6-8-14/h5-8,12,20H,1-4H3,(H,18,22)/t12-/m1/s1. The molecule has 0 spiro atoms. The van der Waals surface area contributed by atoms with E-state index >= 15 is 0 Å². The van der Waals surface area contributed by atoms with E-state index in [2.05, 4.69) is 15.4 Å². The Morgan fingerprint density at radius 2 is 1.92 bits per heavy atom. The largest absolute Gasteiger partial charge is 0.481 e. The average molecular weight is 377 g/mol. The van der Waals surface area contributed by atoms with Gasteiger partial charge in [-0.1, -0.05) is 0 Å². The number of carbonyl (C=O) groups is 1. The van der Waals surface area contributed by atoms with Crippen molar-refractivity contribution in [3.05, 3.63) is 41.2 Å². The molecule has 0 unspecified atom stereocenters. The summed E-state index contributed by atoms with van der Waals surface area (Å²) < 4.78 is 31.7. The average Bonchev–Trinajstić information content (AvgIpc) is 2.86. The number of amides is 1. The number of nitriles is 1. The molecule has 1 atom stereocenters. The van der Waals surface area contributed by atoms with Gasteiger partial charge in [-0.2, -0.15) is 10.4 Å². The third-order valence-corrected chi connectivity index (χ3v) is 5.18. The normalized spacial score (nSPS) is 12.3. The minimum atomic E-state index is -3.97. The molecule has 2 N–H and O–H groups in total. The van der Waals surface area contributed by atoms with Gasteiger partial charge in [0.05, 0.1) is 23.0 Å². The first kappa shape index (κ1) is 19.4. The quantitative estimate of drug-likeness (QED) is 0.713. The summed E-state index contributed by atoms with van der Waals surface area (Å²) in [5.74, 6) is -0.286. The van der Waals surface area contributed by atoms with Crippen molar-refractivity contribution in [3.8, 4) is 11.8 Å². The second-order valence-electron chi connectivity index (χ2n) is 5.61. The van der Waals surface area contributed by atoms with Gasteiger partial charge in [-0.05, 0) is 45.0 Å². The van der Waals surface area contributed by atoms with Gasteiger partial charge in [-0.3, -0.25) is 14.9 Å². The summed E-state index contributed by atoms with van der Waals surface area (Å²) in [6, 6.07) is 8.18. The Labute approximate surface area is 151 Å². The van der Waals surface area contributed by atoms with E-state index in [9.17, 15) is 13.2 Å².